The molecule has 3 heterocycles. The summed E-state index contributed by atoms with van der Waals surface area (Å²) in [4.78, 5) is 21.9. The van der Waals surface area contributed by atoms with E-state index in [0.717, 1.165) is 49.2 Å². The minimum Gasteiger partial charge on any atom is -0.382 e. The van der Waals surface area contributed by atoms with Gasteiger partial charge in [-0.1, -0.05) is 11.3 Å². The fourth-order valence-electron chi connectivity index (χ4n) is 2.79. The van der Waals surface area contributed by atoms with Crippen LogP contribution >= 0.6 is 23.1 Å². The van der Waals surface area contributed by atoms with Crippen molar-refractivity contribution in [2.24, 2.45) is 0 Å². The van der Waals surface area contributed by atoms with Gasteiger partial charge in [0.05, 0.1) is 0 Å². The van der Waals surface area contributed by atoms with Crippen LogP contribution < -0.4 is 10.6 Å². The van der Waals surface area contributed by atoms with Crippen LogP contribution in [0.25, 0.3) is 0 Å². The molecule has 0 aromatic carbocycles. The second-order valence-corrected chi connectivity index (χ2v) is 7.72. The predicted octanol–water partition coefficient (Wildman–Crippen LogP) is 2.29. The number of nitrogens with two attached hydrogens (primary N) is 1. The van der Waals surface area contributed by atoms with Crippen molar-refractivity contribution in [2.45, 2.75) is 25.7 Å². The number of anilines is 2. The highest BCUT2D eigenvalue weighted by atomic mass is 32.2. The largest absolute Gasteiger partial charge is 0.382 e. The van der Waals surface area contributed by atoms with E-state index in [1.165, 1.54) is 30.6 Å². The molecule has 1 aromatic heterocycles. The summed E-state index contributed by atoms with van der Waals surface area (Å²) in [5.41, 5.74) is 6.01. The number of nitrogen functional groups attached to an aromatic ring is 1. The molecule has 1 amide bonds. The van der Waals surface area contributed by atoms with E-state index in [-0.39, 0.29) is 5.91 Å². The summed E-state index contributed by atoms with van der Waals surface area (Å²) in [5.74, 6) is 2.63. The first-order valence-electron chi connectivity index (χ1n) is 7.64. The molecule has 0 radical (unpaired) electrons. The third-order valence-electron chi connectivity index (χ3n) is 3.97. The van der Waals surface area contributed by atoms with Gasteiger partial charge in [-0.3, -0.25) is 4.79 Å². The first-order valence-corrected chi connectivity index (χ1v) is 9.61. The van der Waals surface area contributed by atoms with Crippen LogP contribution in [0.15, 0.2) is 0 Å². The fourth-order valence-corrected chi connectivity index (χ4v) is 4.68. The molecule has 2 aliphatic heterocycles. The molecule has 0 bridgehead atoms. The average Bonchev–Trinajstić information content (AvgIpc) is 2.74. The predicted molar refractivity (Wildman–Crippen MR) is 90.4 cm³/mol. The van der Waals surface area contributed by atoms with Crippen LogP contribution in [0.2, 0.25) is 0 Å². The van der Waals surface area contributed by atoms with E-state index in [0.29, 0.717) is 10.7 Å². The molecule has 21 heavy (non-hydrogen) atoms. The number of thioether (sulfide) groups is 1. The molecular formula is C14H22N4OS2. The molecule has 1 aromatic rings. The second-order valence-electron chi connectivity index (χ2n) is 5.52. The van der Waals surface area contributed by atoms with Crippen molar-refractivity contribution in [3.63, 3.8) is 0 Å². The number of rotatable bonds is 2. The van der Waals surface area contributed by atoms with Gasteiger partial charge in [0.15, 0.2) is 5.13 Å². The summed E-state index contributed by atoms with van der Waals surface area (Å²) >= 11 is 3.39. The normalized spacial score (nSPS) is 20.4. The van der Waals surface area contributed by atoms with Crippen LogP contribution in [0.5, 0.6) is 0 Å². The Morgan fingerprint density at radius 2 is 1.86 bits per heavy atom. The van der Waals surface area contributed by atoms with Crippen LogP contribution in [0, 0.1) is 0 Å². The maximum atomic E-state index is 12.7. The quantitative estimate of drug-likeness (QED) is 0.903. The van der Waals surface area contributed by atoms with E-state index < -0.39 is 0 Å². The minimum atomic E-state index is 0.0655. The minimum absolute atomic E-state index is 0.0655. The number of piperidine rings is 1. The molecule has 7 heteroatoms. The highest BCUT2D eigenvalue weighted by Crippen LogP contribution is 2.31. The Morgan fingerprint density at radius 3 is 2.67 bits per heavy atom. The lowest BCUT2D eigenvalue weighted by molar-refractivity contribution is 0.0774. The number of nitrogens with zero attached hydrogens (tertiary/aromatic N) is 3. The summed E-state index contributed by atoms with van der Waals surface area (Å²) in [6.07, 6.45) is 4.75. The summed E-state index contributed by atoms with van der Waals surface area (Å²) in [5, 5.41) is 0.916. The summed E-state index contributed by atoms with van der Waals surface area (Å²) < 4.78 is 0. The molecule has 0 atom stereocenters. The van der Waals surface area contributed by atoms with Gasteiger partial charge in [0.25, 0.3) is 5.91 Å². The Kier molecular flexibility index (Phi) is 4.90. The van der Waals surface area contributed by atoms with E-state index in [4.69, 9.17) is 5.73 Å². The monoisotopic (exact) mass is 326 g/mol. The molecular weight excluding hydrogens is 304 g/mol. The maximum Gasteiger partial charge on any atom is 0.267 e. The lowest BCUT2D eigenvalue weighted by atomic mass is 10.1. The topological polar surface area (TPSA) is 62.5 Å². The second kappa shape index (κ2) is 6.87. The first-order chi connectivity index (χ1) is 10.3. The van der Waals surface area contributed by atoms with Gasteiger partial charge >= 0.3 is 0 Å². The molecule has 0 unspecified atom stereocenters. The number of amides is 1. The van der Waals surface area contributed by atoms with E-state index in [9.17, 15) is 4.79 Å². The molecule has 0 aliphatic carbocycles. The molecule has 116 valence electrons. The zero-order valence-corrected chi connectivity index (χ0v) is 13.8. The van der Waals surface area contributed by atoms with Gasteiger partial charge in [0.1, 0.15) is 10.7 Å². The van der Waals surface area contributed by atoms with Crippen LogP contribution in [0.4, 0.5) is 10.9 Å². The number of carbonyl (C=O) groups excluding carboxylic acids is 1. The van der Waals surface area contributed by atoms with Crippen LogP contribution in [-0.4, -0.2) is 53.5 Å². The van der Waals surface area contributed by atoms with Crippen molar-refractivity contribution in [2.75, 3.05) is 48.3 Å². The first kappa shape index (κ1) is 15.0. The van der Waals surface area contributed by atoms with Crippen molar-refractivity contribution in [3.05, 3.63) is 4.88 Å². The smallest absolute Gasteiger partial charge is 0.267 e. The zero-order chi connectivity index (χ0) is 14.7. The SMILES string of the molecule is Nc1nc(N2CCCCC2)sc1C(=O)N1CCCSCC1. The van der Waals surface area contributed by atoms with Gasteiger partial charge in [-0.15, -0.1) is 0 Å². The number of hydrogen-bond donors (Lipinski definition) is 1. The summed E-state index contributed by atoms with van der Waals surface area (Å²) in [7, 11) is 0. The summed E-state index contributed by atoms with van der Waals surface area (Å²) in [6, 6.07) is 0. The Labute approximate surface area is 133 Å². The standard InChI is InChI=1S/C14H22N4OS2/c15-12-11(13(19)17-7-4-9-20-10-8-17)21-14(16-12)18-5-2-1-3-6-18/h1-10,15H2. The molecule has 2 fully saturated rings. The van der Waals surface area contributed by atoms with Gasteiger partial charge in [-0.2, -0.15) is 11.8 Å². The molecule has 0 saturated carbocycles. The zero-order valence-electron chi connectivity index (χ0n) is 12.2. The number of thiazole rings is 1. The van der Waals surface area contributed by atoms with Crippen molar-refractivity contribution >= 4 is 40.0 Å². The van der Waals surface area contributed by atoms with Crippen molar-refractivity contribution < 1.29 is 4.79 Å². The highest BCUT2D eigenvalue weighted by molar-refractivity contribution is 7.99. The van der Waals surface area contributed by atoms with Crippen molar-refractivity contribution in [1.29, 1.82) is 0 Å². The summed E-state index contributed by atoms with van der Waals surface area (Å²) in [6.45, 7) is 3.71. The highest BCUT2D eigenvalue weighted by Gasteiger charge is 2.25. The van der Waals surface area contributed by atoms with Crippen molar-refractivity contribution in [3.8, 4) is 0 Å². The molecule has 2 saturated heterocycles. The fraction of sp³-hybridized carbons (Fsp3) is 0.714. The van der Waals surface area contributed by atoms with E-state index in [1.807, 2.05) is 16.7 Å². The van der Waals surface area contributed by atoms with Gasteiger partial charge in [-0.05, 0) is 31.4 Å². The Morgan fingerprint density at radius 1 is 1.05 bits per heavy atom. The third kappa shape index (κ3) is 3.45. The number of carbonyl (C=O) groups is 1. The molecule has 5 nitrogen and oxygen atoms in total. The van der Waals surface area contributed by atoms with Crippen LogP contribution in [0.3, 0.4) is 0 Å². The Hall–Kier alpha value is -0.950. The van der Waals surface area contributed by atoms with Gasteiger partial charge in [-0.25, -0.2) is 4.98 Å². The molecule has 2 aliphatic rings. The number of aromatic nitrogens is 1. The Bertz CT molecular complexity index is 491. The van der Waals surface area contributed by atoms with Gasteiger partial charge < -0.3 is 15.5 Å². The maximum absolute atomic E-state index is 12.7. The average molecular weight is 326 g/mol. The lowest BCUT2D eigenvalue weighted by Gasteiger charge is -2.25. The van der Waals surface area contributed by atoms with Gasteiger partial charge in [0, 0.05) is 31.9 Å². The molecule has 0 spiro atoms. The van der Waals surface area contributed by atoms with E-state index in [2.05, 4.69) is 9.88 Å². The van der Waals surface area contributed by atoms with E-state index >= 15 is 0 Å². The van der Waals surface area contributed by atoms with Crippen LogP contribution in [-0.2, 0) is 0 Å². The van der Waals surface area contributed by atoms with Crippen molar-refractivity contribution in [1.82, 2.24) is 9.88 Å². The molecule has 2 N–H and O–H groups in total. The van der Waals surface area contributed by atoms with Crippen LogP contribution in [0.1, 0.15) is 35.4 Å². The van der Waals surface area contributed by atoms with Gasteiger partial charge in [0.2, 0.25) is 0 Å². The third-order valence-corrected chi connectivity index (χ3v) is 6.14. The Balaban J connectivity index is 1.74. The molecule has 3 rings (SSSR count). The number of hydrogen-bond acceptors (Lipinski definition) is 6. The van der Waals surface area contributed by atoms with E-state index in [1.54, 1.807) is 0 Å². The lowest BCUT2D eigenvalue weighted by Crippen LogP contribution is -2.32.